The number of hydrogen-bond acceptors (Lipinski definition) is 15. The first kappa shape index (κ1) is 49.8. The van der Waals surface area contributed by atoms with Gasteiger partial charge < -0.3 is 54.2 Å². The van der Waals surface area contributed by atoms with Gasteiger partial charge in [-0.05, 0) is 79.9 Å². The molecule has 2 saturated heterocycles. The van der Waals surface area contributed by atoms with Crippen molar-refractivity contribution < 1.29 is 65.9 Å². The maximum Gasteiger partial charge on any atom is 0.573 e. The highest BCUT2D eigenvalue weighted by Gasteiger charge is 2.39. The van der Waals surface area contributed by atoms with Gasteiger partial charge in [-0.15, -0.1) is 13.2 Å². The van der Waals surface area contributed by atoms with E-state index in [0.717, 1.165) is 18.2 Å². The number of aromatic nitrogens is 3. The number of fused-ring (bicyclic) bond motifs is 3. The highest BCUT2D eigenvalue weighted by molar-refractivity contribution is 6.07. The Morgan fingerprint density at radius 2 is 1.63 bits per heavy atom. The second kappa shape index (κ2) is 20.2. The average molecular weight is 1010 g/mol. The molecule has 6 aromatic rings. The largest absolute Gasteiger partial charge is 0.573 e. The molecule has 73 heavy (non-hydrogen) atoms. The van der Waals surface area contributed by atoms with Gasteiger partial charge in [0.25, 0.3) is 17.7 Å². The number of pyridine rings is 1. The molecule has 0 spiro atoms. The molecule has 3 atom stereocenters. The molecule has 0 radical (unpaired) electrons. The lowest BCUT2D eigenvalue weighted by atomic mass is 10.0. The fourth-order valence-electron chi connectivity index (χ4n) is 8.95. The molecule has 2 fully saturated rings. The highest BCUT2D eigenvalue weighted by Crippen LogP contribution is 2.37. The van der Waals surface area contributed by atoms with E-state index in [2.05, 4.69) is 36.1 Å². The van der Waals surface area contributed by atoms with Gasteiger partial charge >= 0.3 is 12.4 Å². The minimum Gasteiger partial charge on any atom is -0.493 e. The first-order chi connectivity index (χ1) is 34.8. The molecular formula is C48H46F4N10O11. The maximum absolute atomic E-state index is 15.6. The lowest BCUT2D eigenvalue weighted by Crippen LogP contribution is -2.56. The van der Waals surface area contributed by atoms with Crippen molar-refractivity contribution in [3.8, 4) is 28.9 Å². The number of halogens is 4. The van der Waals surface area contributed by atoms with Gasteiger partial charge in [0, 0.05) is 74.5 Å². The quantitative estimate of drug-likeness (QED) is 0.0925. The lowest BCUT2D eigenvalue weighted by Gasteiger charge is -2.37. The summed E-state index contributed by atoms with van der Waals surface area (Å²) in [4.78, 5) is 77.8. The van der Waals surface area contributed by atoms with Gasteiger partial charge in [-0.1, -0.05) is 0 Å². The van der Waals surface area contributed by atoms with E-state index in [9.17, 15) is 47.4 Å². The number of rotatable bonds is 12. The second-order valence-electron chi connectivity index (χ2n) is 17.3. The number of nitrogens with one attached hydrogen (secondary N) is 4. The van der Waals surface area contributed by atoms with Crippen LogP contribution in [0.3, 0.4) is 0 Å². The molecule has 3 unspecified atom stereocenters. The molecule has 2 aromatic heterocycles. The Balaban J connectivity index is 0.780. The summed E-state index contributed by atoms with van der Waals surface area (Å²) in [5.74, 6) is -3.16. The number of nitrogens with zero attached hydrogens (tertiary/aromatic N) is 6. The number of hydrogen-bond donors (Lipinski definition) is 6. The molecule has 3 aliphatic rings. The van der Waals surface area contributed by atoms with Crippen LogP contribution >= 0.6 is 0 Å². The number of aliphatic hydroxyl groups excluding tert-OH is 2. The van der Waals surface area contributed by atoms with Crippen molar-refractivity contribution in [1.82, 2.24) is 40.1 Å². The van der Waals surface area contributed by atoms with Crippen molar-refractivity contribution >= 4 is 56.9 Å². The molecule has 6 N–H and O–H groups in total. The van der Waals surface area contributed by atoms with E-state index in [-0.39, 0.29) is 99.9 Å². The van der Waals surface area contributed by atoms with Crippen LogP contribution in [0.2, 0.25) is 0 Å². The van der Waals surface area contributed by atoms with Gasteiger partial charge in [0.2, 0.25) is 11.3 Å². The number of carbonyl (C=O) groups is 4. The zero-order valence-electron chi connectivity index (χ0n) is 39.1. The molecule has 382 valence electrons. The fourth-order valence-corrected chi connectivity index (χ4v) is 8.95. The number of carbonyl (C=O) groups excluding carboxylic acids is 4. The monoisotopic (exact) mass is 1010 g/mol. The number of urea groups is 1. The summed E-state index contributed by atoms with van der Waals surface area (Å²) in [5.41, 5.74) is 3.81. The standard InChI is InChI=1S/C48H46F4N10O11/c1-24-41(42(65)31-18-28(73-48(50,51)52)6-8-34(31)59(24)2)44(67)55-27-5-10-36(32(49)17-27)72-45-30-19-37(70-3)38(20-33(30)53-23-54-45)71-22-40(64)60-12-14-61(15-13-60)58-47(69)56-26-4-7-29-25(16-26)21-62(46(29)68)35-9-11-39(63)57-43(35)66/h4-8,10,16-20,23,35,39,43,57,63,66H,9,11-15,21-22H2,1-3H3,(H,55,67)(H2,56,58,69). The number of amides is 5. The van der Waals surface area contributed by atoms with Crippen LogP contribution < -0.4 is 45.8 Å². The van der Waals surface area contributed by atoms with Crippen molar-refractivity contribution in [2.45, 2.75) is 51.2 Å². The van der Waals surface area contributed by atoms with Gasteiger partial charge in [-0.25, -0.2) is 24.2 Å². The minimum absolute atomic E-state index is 0.0713. The smallest absolute Gasteiger partial charge is 0.493 e. The average Bonchev–Trinajstić information content (AvgIpc) is 3.67. The first-order valence-corrected chi connectivity index (χ1v) is 22.6. The number of benzene rings is 4. The van der Waals surface area contributed by atoms with Gasteiger partial charge in [0.15, 0.2) is 29.7 Å². The van der Waals surface area contributed by atoms with E-state index >= 15 is 4.39 Å². The molecule has 0 saturated carbocycles. The van der Waals surface area contributed by atoms with Crippen LogP contribution in [-0.2, 0) is 18.4 Å². The number of aryl methyl sites for hydroxylation is 1. The summed E-state index contributed by atoms with van der Waals surface area (Å²) in [6, 6.07) is 13.6. The first-order valence-electron chi connectivity index (χ1n) is 22.6. The van der Waals surface area contributed by atoms with E-state index in [1.54, 1.807) is 33.0 Å². The third-order valence-electron chi connectivity index (χ3n) is 12.7. The molecule has 25 heteroatoms. The molecule has 0 aliphatic carbocycles. The van der Waals surface area contributed by atoms with Gasteiger partial charge in [0.1, 0.15) is 30.1 Å². The lowest BCUT2D eigenvalue weighted by molar-refractivity contribution is -0.274. The Morgan fingerprint density at radius 3 is 2.36 bits per heavy atom. The van der Waals surface area contributed by atoms with Gasteiger partial charge in [0.05, 0.1) is 35.0 Å². The number of anilines is 2. The molecular weight excluding hydrogens is 969 g/mol. The Kier molecular flexibility index (Phi) is 13.8. The van der Waals surface area contributed by atoms with Crippen molar-refractivity contribution in [3.05, 3.63) is 111 Å². The van der Waals surface area contributed by atoms with Crippen molar-refractivity contribution in [1.29, 1.82) is 0 Å². The number of aliphatic hydroxyl groups is 2. The fraction of sp³-hybridized carbons (Fsp3) is 0.312. The van der Waals surface area contributed by atoms with Crippen LogP contribution in [0.25, 0.3) is 21.8 Å². The van der Waals surface area contributed by atoms with E-state index in [1.807, 2.05) is 0 Å². The molecule has 9 rings (SSSR count). The number of alkyl halides is 3. The van der Waals surface area contributed by atoms with E-state index in [4.69, 9.17) is 14.2 Å². The van der Waals surface area contributed by atoms with E-state index in [0.29, 0.717) is 42.7 Å². The third kappa shape index (κ3) is 10.6. The van der Waals surface area contributed by atoms with Crippen molar-refractivity contribution in [2.75, 3.05) is 50.5 Å². The zero-order chi connectivity index (χ0) is 51.9. The number of hydrazine groups is 1. The second-order valence-corrected chi connectivity index (χ2v) is 17.3. The van der Waals surface area contributed by atoms with Crippen LogP contribution in [0, 0.1) is 12.7 Å². The molecule has 3 aliphatic heterocycles. The number of piperazine rings is 1. The predicted molar refractivity (Wildman–Crippen MR) is 251 cm³/mol. The maximum atomic E-state index is 15.6. The summed E-state index contributed by atoms with van der Waals surface area (Å²) in [7, 11) is 2.90. The Morgan fingerprint density at radius 1 is 0.877 bits per heavy atom. The Bertz CT molecular complexity index is 3240. The summed E-state index contributed by atoms with van der Waals surface area (Å²) in [6.07, 6.45) is -4.95. The Labute approximate surface area is 411 Å². The van der Waals surface area contributed by atoms with Crippen LogP contribution in [0.1, 0.15) is 44.8 Å². The van der Waals surface area contributed by atoms with Crippen LogP contribution in [0.5, 0.6) is 28.9 Å². The third-order valence-corrected chi connectivity index (χ3v) is 12.7. The topological polar surface area (TPSA) is 251 Å². The van der Waals surface area contributed by atoms with Crippen LogP contribution in [-0.4, -0.2) is 128 Å². The Hall–Kier alpha value is -8.13. The van der Waals surface area contributed by atoms with Crippen molar-refractivity contribution in [2.24, 2.45) is 7.05 Å². The summed E-state index contributed by atoms with van der Waals surface area (Å²) < 4.78 is 77.0. The molecule has 5 heterocycles. The van der Waals surface area contributed by atoms with Crippen LogP contribution in [0.15, 0.2) is 77.9 Å². The summed E-state index contributed by atoms with van der Waals surface area (Å²) in [5, 5.41) is 29.8. The number of piperidine rings is 1. The minimum atomic E-state index is -5.01. The van der Waals surface area contributed by atoms with Gasteiger partial charge in [-0.2, -0.15) is 0 Å². The molecule has 21 nitrogen and oxygen atoms in total. The van der Waals surface area contributed by atoms with E-state index in [1.165, 1.54) is 62.3 Å². The SMILES string of the molecule is COc1cc2c(Oc3ccc(NC(=O)c4c(C)n(C)c5ccc(OC(F)(F)F)cc5c4=O)cc3F)ncnc2cc1OCC(=O)N1CCN(NC(=O)Nc2ccc3c(c2)CN(C2CCC(O)NC2O)C3=O)CC1. The van der Waals surface area contributed by atoms with Crippen molar-refractivity contribution in [3.63, 3.8) is 0 Å². The van der Waals surface area contributed by atoms with Crippen LogP contribution in [0.4, 0.5) is 33.7 Å². The highest BCUT2D eigenvalue weighted by atomic mass is 19.4. The zero-order valence-corrected chi connectivity index (χ0v) is 39.1. The molecule has 5 amide bonds. The normalized spacial score (nSPS) is 18.1. The van der Waals surface area contributed by atoms with Gasteiger partial charge in [-0.3, -0.25) is 29.9 Å². The summed E-state index contributed by atoms with van der Waals surface area (Å²) in [6.45, 7) is 2.49. The number of ether oxygens (including phenoxy) is 4. The number of methoxy groups -OCH3 is 1. The summed E-state index contributed by atoms with van der Waals surface area (Å²) >= 11 is 0. The molecule has 4 aromatic carbocycles. The molecule has 0 bridgehead atoms. The van der Waals surface area contributed by atoms with E-state index < -0.39 is 53.8 Å². The predicted octanol–water partition coefficient (Wildman–Crippen LogP) is 4.49.